The molecule has 0 aliphatic heterocycles. The van der Waals surface area contributed by atoms with Crippen molar-refractivity contribution in [2.45, 2.75) is 83.1 Å². The first-order valence-corrected chi connectivity index (χ1v) is 11.6. The predicted octanol–water partition coefficient (Wildman–Crippen LogP) is -2.93. The van der Waals surface area contributed by atoms with Crippen molar-refractivity contribution in [2.24, 2.45) is 33.8 Å². The maximum Gasteiger partial charge on any atom is 0.326 e. The van der Waals surface area contributed by atoms with E-state index in [1.165, 1.54) is 6.92 Å². The molecule has 3 amide bonds. The summed E-state index contributed by atoms with van der Waals surface area (Å²) in [7, 11) is 0. The number of nitrogens with one attached hydrogen (secondary N) is 3. The van der Waals surface area contributed by atoms with Crippen molar-refractivity contribution in [3.05, 3.63) is 0 Å². The summed E-state index contributed by atoms with van der Waals surface area (Å²) in [6.07, 6.45) is 0.596. The summed E-state index contributed by atoms with van der Waals surface area (Å²) >= 11 is 0. The van der Waals surface area contributed by atoms with Crippen LogP contribution in [0.25, 0.3) is 0 Å². The van der Waals surface area contributed by atoms with E-state index in [9.17, 15) is 29.4 Å². The number of amides is 3. The molecule has 0 bridgehead atoms. The molecule has 0 saturated heterocycles. The van der Waals surface area contributed by atoms with Crippen LogP contribution in [0.15, 0.2) is 4.99 Å². The van der Waals surface area contributed by atoms with Gasteiger partial charge in [0, 0.05) is 6.54 Å². The van der Waals surface area contributed by atoms with Crippen molar-refractivity contribution >= 4 is 29.7 Å². The van der Waals surface area contributed by atoms with Gasteiger partial charge in [0.1, 0.15) is 18.1 Å². The number of aliphatic hydroxyl groups excluding tert-OH is 1. The van der Waals surface area contributed by atoms with E-state index in [2.05, 4.69) is 20.9 Å². The Balaban J connectivity index is 5.19. The third-order valence-corrected chi connectivity index (χ3v) is 5.18. The molecule has 0 heterocycles. The Morgan fingerprint density at radius 2 is 1.43 bits per heavy atom. The number of aliphatic carboxylic acids is 1. The van der Waals surface area contributed by atoms with Crippen LogP contribution in [0.5, 0.6) is 0 Å². The zero-order valence-corrected chi connectivity index (χ0v) is 20.7. The van der Waals surface area contributed by atoms with Crippen LogP contribution in [-0.4, -0.2) is 83.2 Å². The summed E-state index contributed by atoms with van der Waals surface area (Å²) in [5.41, 5.74) is 21.8. The number of rotatable bonds is 17. The monoisotopic (exact) mass is 502 g/mol. The molecule has 13 N–H and O–H groups in total. The van der Waals surface area contributed by atoms with E-state index in [-0.39, 0.29) is 24.7 Å². The quantitative estimate of drug-likeness (QED) is 0.0555. The molecule has 0 saturated carbocycles. The number of unbranched alkanes of at least 4 members (excludes halogenated alkanes) is 1. The number of nitrogens with zero attached hydrogens (tertiary/aromatic N) is 1. The number of aliphatic hydroxyl groups is 1. The fourth-order valence-electron chi connectivity index (χ4n) is 3.11. The Bertz CT molecular complexity index is 727. The zero-order chi connectivity index (χ0) is 27.1. The number of nitrogens with two attached hydrogens (primary N) is 4. The van der Waals surface area contributed by atoms with Gasteiger partial charge in [-0.3, -0.25) is 19.4 Å². The van der Waals surface area contributed by atoms with Crippen LogP contribution in [0.2, 0.25) is 0 Å². The first-order valence-electron chi connectivity index (χ1n) is 11.6. The zero-order valence-electron chi connectivity index (χ0n) is 20.7. The lowest BCUT2D eigenvalue weighted by molar-refractivity contribution is -0.143. The van der Waals surface area contributed by atoms with Crippen LogP contribution in [0.3, 0.4) is 0 Å². The highest BCUT2D eigenvalue weighted by Crippen LogP contribution is 2.07. The summed E-state index contributed by atoms with van der Waals surface area (Å²) in [5.74, 6) is -3.86. The molecule has 0 aromatic rings. The highest BCUT2D eigenvalue weighted by atomic mass is 16.4. The maximum atomic E-state index is 12.9. The second-order valence-corrected chi connectivity index (χ2v) is 8.70. The van der Waals surface area contributed by atoms with E-state index in [1.54, 1.807) is 13.8 Å². The molecule has 0 aliphatic carbocycles. The van der Waals surface area contributed by atoms with Crippen LogP contribution in [-0.2, 0) is 19.2 Å². The summed E-state index contributed by atoms with van der Waals surface area (Å²) in [4.78, 5) is 53.3. The van der Waals surface area contributed by atoms with Crippen LogP contribution >= 0.6 is 0 Å². The Hall–Kier alpha value is -2.97. The van der Waals surface area contributed by atoms with Gasteiger partial charge in [-0.05, 0) is 51.5 Å². The largest absolute Gasteiger partial charge is 0.480 e. The molecule has 14 heteroatoms. The van der Waals surface area contributed by atoms with Gasteiger partial charge < -0.3 is 49.1 Å². The molecule has 0 aliphatic rings. The number of carbonyl (C=O) groups is 4. The van der Waals surface area contributed by atoms with E-state index >= 15 is 0 Å². The van der Waals surface area contributed by atoms with Gasteiger partial charge in [-0.25, -0.2) is 4.79 Å². The minimum atomic E-state index is -1.44. The Kier molecular flexibility index (Phi) is 15.2. The van der Waals surface area contributed by atoms with Crippen molar-refractivity contribution in [3.63, 3.8) is 0 Å². The molecule has 202 valence electrons. The lowest BCUT2D eigenvalue weighted by atomic mass is 10.0. The lowest BCUT2D eigenvalue weighted by Crippen LogP contribution is -2.60. The summed E-state index contributed by atoms with van der Waals surface area (Å²) in [5, 5.41) is 26.7. The fourth-order valence-corrected chi connectivity index (χ4v) is 3.11. The van der Waals surface area contributed by atoms with Crippen molar-refractivity contribution < 1.29 is 29.4 Å². The minimum absolute atomic E-state index is 0.0681. The Labute approximate surface area is 205 Å². The number of hydrogen-bond donors (Lipinski definition) is 9. The molecule has 35 heavy (non-hydrogen) atoms. The van der Waals surface area contributed by atoms with Gasteiger partial charge in [0.25, 0.3) is 0 Å². The second kappa shape index (κ2) is 16.6. The van der Waals surface area contributed by atoms with Crippen LogP contribution in [0.4, 0.5) is 0 Å². The molecular formula is C21H42N8O6. The smallest absolute Gasteiger partial charge is 0.326 e. The van der Waals surface area contributed by atoms with Crippen molar-refractivity contribution in [2.75, 3.05) is 13.1 Å². The molecule has 5 atom stereocenters. The Morgan fingerprint density at radius 1 is 0.857 bits per heavy atom. The standard InChI is InChI=1S/C21H42N8O6/c1-11(2)15(28-17(31)13(23)7-6-10-26-21(24)25)18(32)29-16(12(3)30)19(33)27-14(20(34)35)8-4-5-9-22/h11-16,30H,4-10,22-23H2,1-3H3,(H,27,33)(H,28,31)(H,29,32)(H,34,35)(H4,24,25,26). The number of carboxylic acid groups (broad SMARTS) is 1. The van der Waals surface area contributed by atoms with Gasteiger partial charge in [-0.15, -0.1) is 0 Å². The highest BCUT2D eigenvalue weighted by molar-refractivity contribution is 5.94. The third kappa shape index (κ3) is 12.9. The summed E-state index contributed by atoms with van der Waals surface area (Å²) in [6, 6.07) is -4.62. The van der Waals surface area contributed by atoms with E-state index < -0.39 is 54.0 Å². The first kappa shape index (κ1) is 32.0. The van der Waals surface area contributed by atoms with Gasteiger partial charge in [0.2, 0.25) is 17.7 Å². The van der Waals surface area contributed by atoms with Crippen molar-refractivity contribution in [3.8, 4) is 0 Å². The Morgan fingerprint density at radius 3 is 1.91 bits per heavy atom. The number of guanidine groups is 1. The fraction of sp³-hybridized carbons (Fsp3) is 0.762. The summed E-state index contributed by atoms with van der Waals surface area (Å²) < 4.78 is 0. The van der Waals surface area contributed by atoms with Crippen molar-refractivity contribution in [1.82, 2.24) is 16.0 Å². The van der Waals surface area contributed by atoms with E-state index in [0.29, 0.717) is 32.4 Å². The summed E-state index contributed by atoms with van der Waals surface area (Å²) in [6.45, 7) is 5.33. The second-order valence-electron chi connectivity index (χ2n) is 8.70. The van der Waals surface area contributed by atoms with Gasteiger partial charge in [0.05, 0.1) is 12.1 Å². The predicted molar refractivity (Wildman–Crippen MR) is 131 cm³/mol. The van der Waals surface area contributed by atoms with Gasteiger partial charge in [-0.1, -0.05) is 13.8 Å². The first-order chi connectivity index (χ1) is 16.3. The lowest BCUT2D eigenvalue weighted by Gasteiger charge is -2.28. The number of carboxylic acids is 1. The molecule has 0 aromatic carbocycles. The topological polar surface area (TPSA) is 261 Å². The molecular weight excluding hydrogens is 460 g/mol. The normalized spacial score (nSPS) is 15.3. The van der Waals surface area contributed by atoms with Crippen LogP contribution in [0, 0.1) is 5.92 Å². The van der Waals surface area contributed by atoms with E-state index in [4.69, 9.17) is 22.9 Å². The minimum Gasteiger partial charge on any atom is -0.480 e. The SMILES string of the molecule is CC(C)C(NC(=O)C(N)CCCN=C(N)N)C(=O)NC(C(=O)NC(CCCCN)C(=O)O)C(C)O. The molecule has 0 spiro atoms. The van der Waals surface area contributed by atoms with Gasteiger partial charge in [-0.2, -0.15) is 0 Å². The maximum absolute atomic E-state index is 12.9. The number of aliphatic imine (C=N–C) groups is 1. The molecule has 0 rings (SSSR count). The molecule has 5 unspecified atom stereocenters. The average Bonchev–Trinajstić information content (AvgIpc) is 2.76. The number of carbonyl (C=O) groups excluding carboxylic acids is 3. The number of hydrogen-bond acceptors (Lipinski definition) is 8. The highest BCUT2D eigenvalue weighted by Gasteiger charge is 2.33. The molecule has 0 aromatic heterocycles. The van der Waals surface area contributed by atoms with Crippen LogP contribution in [0.1, 0.15) is 52.9 Å². The molecule has 0 fully saturated rings. The van der Waals surface area contributed by atoms with Crippen molar-refractivity contribution in [1.29, 1.82) is 0 Å². The molecule has 14 nitrogen and oxygen atoms in total. The van der Waals surface area contributed by atoms with Crippen LogP contribution < -0.4 is 38.9 Å². The third-order valence-electron chi connectivity index (χ3n) is 5.18. The van der Waals surface area contributed by atoms with E-state index in [1.807, 2.05) is 0 Å². The van der Waals surface area contributed by atoms with Gasteiger partial charge >= 0.3 is 5.97 Å². The average molecular weight is 503 g/mol. The molecule has 0 radical (unpaired) electrons. The van der Waals surface area contributed by atoms with Gasteiger partial charge in [0.15, 0.2) is 5.96 Å². The van der Waals surface area contributed by atoms with E-state index in [0.717, 1.165) is 0 Å².